The summed E-state index contributed by atoms with van der Waals surface area (Å²) < 4.78 is 5.45. The van der Waals surface area contributed by atoms with Gasteiger partial charge in [-0.05, 0) is 43.4 Å². The molecule has 1 atom stereocenters. The molecule has 2 aromatic rings. The molecule has 0 bridgehead atoms. The van der Waals surface area contributed by atoms with Crippen LogP contribution in [0.15, 0.2) is 30.3 Å². The second-order valence-corrected chi connectivity index (χ2v) is 7.26. The number of methoxy groups -OCH3 is 1. The van der Waals surface area contributed by atoms with Crippen LogP contribution in [-0.4, -0.2) is 66.2 Å². The minimum atomic E-state index is -0.0645. The van der Waals surface area contributed by atoms with Crippen LogP contribution in [-0.2, 0) is 6.42 Å². The summed E-state index contributed by atoms with van der Waals surface area (Å²) in [5.41, 5.74) is 7.28. The smallest absolute Gasteiger partial charge is 0.271 e. The van der Waals surface area contributed by atoms with Gasteiger partial charge in [-0.2, -0.15) is 5.10 Å². The number of nitrogens with two attached hydrogens (primary N) is 1. The van der Waals surface area contributed by atoms with Gasteiger partial charge in [0.25, 0.3) is 5.91 Å². The predicted molar refractivity (Wildman–Crippen MR) is 106 cm³/mol. The second kappa shape index (κ2) is 8.90. The molecule has 1 aliphatic heterocycles. The van der Waals surface area contributed by atoms with Crippen LogP contribution in [0.1, 0.15) is 28.9 Å². The van der Waals surface area contributed by atoms with Crippen LogP contribution in [0.2, 0.25) is 0 Å². The summed E-state index contributed by atoms with van der Waals surface area (Å²) in [6.45, 7) is 3.87. The topological polar surface area (TPSA) is 87.5 Å². The number of carbonyl (C=O) groups is 1. The molecule has 1 saturated heterocycles. The quantitative estimate of drug-likeness (QED) is 0.778. The van der Waals surface area contributed by atoms with Crippen molar-refractivity contribution in [1.29, 1.82) is 0 Å². The highest BCUT2D eigenvalue weighted by Crippen LogP contribution is 2.21. The van der Waals surface area contributed by atoms with Crippen LogP contribution in [0.4, 0.5) is 5.82 Å². The number of nitrogens with zero attached hydrogens (tertiary/aromatic N) is 3. The van der Waals surface area contributed by atoms with Crippen LogP contribution in [0.3, 0.4) is 0 Å². The van der Waals surface area contributed by atoms with Crippen molar-refractivity contribution in [2.24, 2.45) is 5.92 Å². The second-order valence-electron chi connectivity index (χ2n) is 7.26. The molecule has 0 saturated carbocycles. The van der Waals surface area contributed by atoms with E-state index in [9.17, 15) is 4.79 Å². The number of aromatic amines is 1. The van der Waals surface area contributed by atoms with Crippen molar-refractivity contribution in [2.45, 2.75) is 19.3 Å². The predicted octanol–water partition coefficient (Wildman–Crippen LogP) is 2.03. The Balaban J connectivity index is 1.51. The number of rotatable bonds is 7. The number of benzene rings is 1. The summed E-state index contributed by atoms with van der Waals surface area (Å²) in [6, 6.07) is 9.78. The molecule has 146 valence electrons. The van der Waals surface area contributed by atoms with E-state index in [0.717, 1.165) is 51.2 Å². The fourth-order valence-electron chi connectivity index (χ4n) is 3.81. The standard InChI is InChI=1S/C20H29N5O2/c1-24(20(26)17-12-19(21)23-22-17)13-15-6-5-10-25(14-15)11-9-16-7-3-4-8-18(16)27-2/h3-4,7-8,12,15H,5-6,9-11,13-14H2,1-2H3,(H3,21,22,23)/t15-/m0/s1. The van der Waals surface area contributed by atoms with Gasteiger partial charge in [-0.1, -0.05) is 18.2 Å². The van der Waals surface area contributed by atoms with Gasteiger partial charge in [0, 0.05) is 32.7 Å². The molecule has 0 aliphatic carbocycles. The first-order chi connectivity index (χ1) is 13.1. The number of likely N-dealkylation sites (tertiary alicyclic amines) is 1. The third-order valence-electron chi connectivity index (χ3n) is 5.20. The van der Waals surface area contributed by atoms with E-state index in [2.05, 4.69) is 27.2 Å². The lowest BCUT2D eigenvalue weighted by Crippen LogP contribution is -2.42. The zero-order valence-electron chi connectivity index (χ0n) is 16.1. The number of ether oxygens (including phenoxy) is 1. The molecule has 1 aliphatic rings. The van der Waals surface area contributed by atoms with Crippen molar-refractivity contribution in [2.75, 3.05) is 46.1 Å². The molecule has 0 unspecified atom stereocenters. The summed E-state index contributed by atoms with van der Waals surface area (Å²) in [6.07, 6.45) is 3.28. The monoisotopic (exact) mass is 371 g/mol. The average Bonchev–Trinajstić information content (AvgIpc) is 3.12. The SMILES string of the molecule is COc1ccccc1CCN1CCC[C@@H](CN(C)C(=O)c2cc(N)n[nH]2)C1. The number of H-pyrrole nitrogens is 1. The van der Waals surface area contributed by atoms with Gasteiger partial charge in [0.2, 0.25) is 0 Å². The summed E-state index contributed by atoms with van der Waals surface area (Å²) in [5, 5.41) is 6.53. The highest BCUT2D eigenvalue weighted by Gasteiger charge is 2.24. The first-order valence-electron chi connectivity index (χ1n) is 9.47. The maximum Gasteiger partial charge on any atom is 0.271 e. The number of nitrogen functional groups attached to an aromatic ring is 1. The van der Waals surface area contributed by atoms with E-state index in [1.54, 1.807) is 18.1 Å². The summed E-state index contributed by atoms with van der Waals surface area (Å²) in [5.74, 6) is 1.71. The van der Waals surface area contributed by atoms with E-state index in [1.165, 1.54) is 5.56 Å². The Hall–Kier alpha value is -2.54. The molecule has 1 amide bonds. The van der Waals surface area contributed by atoms with E-state index in [0.29, 0.717) is 17.4 Å². The molecule has 3 N–H and O–H groups in total. The van der Waals surface area contributed by atoms with Crippen molar-refractivity contribution >= 4 is 11.7 Å². The molecular weight excluding hydrogens is 342 g/mol. The van der Waals surface area contributed by atoms with Crippen LogP contribution >= 0.6 is 0 Å². The third kappa shape index (κ3) is 5.01. The van der Waals surface area contributed by atoms with Crippen LogP contribution in [0.25, 0.3) is 0 Å². The van der Waals surface area contributed by atoms with Gasteiger partial charge >= 0.3 is 0 Å². The van der Waals surface area contributed by atoms with E-state index in [4.69, 9.17) is 10.5 Å². The van der Waals surface area contributed by atoms with Gasteiger partial charge in [0.15, 0.2) is 0 Å². The molecule has 7 heteroatoms. The fraction of sp³-hybridized carbons (Fsp3) is 0.500. The number of amides is 1. The molecule has 1 aromatic heterocycles. The maximum atomic E-state index is 12.5. The van der Waals surface area contributed by atoms with Crippen molar-refractivity contribution in [3.8, 4) is 5.75 Å². The van der Waals surface area contributed by atoms with Gasteiger partial charge < -0.3 is 20.3 Å². The van der Waals surface area contributed by atoms with Crippen molar-refractivity contribution in [1.82, 2.24) is 20.0 Å². The zero-order valence-corrected chi connectivity index (χ0v) is 16.1. The summed E-state index contributed by atoms with van der Waals surface area (Å²) in [4.78, 5) is 16.7. The van der Waals surface area contributed by atoms with Gasteiger partial charge in [0.05, 0.1) is 7.11 Å². The van der Waals surface area contributed by atoms with Crippen LogP contribution in [0.5, 0.6) is 5.75 Å². The van der Waals surface area contributed by atoms with Gasteiger partial charge in [0.1, 0.15) is 17.3 Å². The molecule has 0 radical (unpaired) electrons. The van der Waals surface area contributed by atoms with E-state index >= 15 is 0 Å². The average molecular weight is 371 g/mol. The molecule has 1 aromatic carbocycles. The van der Waals surface area contributed by atoms with Crippen LogP contribution in [0, 0.1) is 5.92 Å². The minimum absolute atomic E-state index is 0.0645. The number of nitrogens with one attached hydrogen (secondary N) is 1. The summed E-state index contributed by atoms with van der Waals surface area (Å²) in [7, 11) is 3.56. The van der Waals surface area contributed by atoms with Gasteiger partial charge in [-0.15, -0.1) is 0 Å². The zero-order chi connectivity index (χ0) is 19.2. The molecule has 1 fully saturated rings. The maximum absolute atomic E-state index is 12.5. The van der Waals surface area contributed by atoms with E-state index < -0.39 is 0 Å². The minimum Gasteiger partial charge on any atom is -0.496 e. The first kappa shape index (κ1) is 19.2. The van der Waals surface area contributed by atoms with Crippen molar-refractivity contribution in [3.05, 3.63) is 41.6 Å². The lowest BCUT2D eigenvalue weighted by molar-refractivity contribution is 0.0724. The number of piperidine rings is 1. The number of hydrogen-bond donors (Lipinski definition) is 2. The highest BCUT2D eigenvalue weighted by molar-refractivity contribution is 5.92. The molecule has 2 heterocycles. The summed E-state index contributed by atoms with van der Waals surface area (Å²) >= 11 is 0. The Morgan fingerprint density at radius 1 is 1.44 bits per heavy atom. The number of para-hydroxylation sites is 1. The Kier molecular flexibility index (Phi) is 6.34. The fourth-order valence-corrected chi connectivity index (χ4v) is 3.81. The van der Waals surface area contributed by atoms with Gasteiger partial charge in [-0.3, -0.25) is 9.89 Å². The number of hydrogen-bond acceptors (Lipinski definition) is 5. The Labute approximate surface area is 160 Å². The Morgan fingerprint density at radius 2 is 2.26 bits per heavy atom. The van der Waals surface area contributed by atoms with Crippen LogP contribution < -0.4 is 10.5 Å². The largest absolute Gasteiger partial charge is 0.496 e. The van der Waals surface area contributed by atoms with Gasteiger partial charge in [-0.25, -0.2) is 0 Å². The van der Waals surface area contributed by atoms with E-state index in [1.807, 2.05) is 19.2 Å². The first-order valence-corrected chi connectivity index (χ1v) is 9.47. The lowest BCUT2D eigenvalue weighted by atomic mass is 9.97. The lowest BCUT2D eigenvalue weighted by Gasteiger charge is -2.34. The Bertz CT molecular complexity index is 760. The number of anilines is 1. The Morgan fingerprint density at radius 3 is 3.00 bits per heavy atom. The molecule has 7 nitrogen and oxygen atoms in total. The van der Waals surface area contributed by atoms with Crippen molar-refractivity contribution in [3.63, 3.8) is 0 Å². The highest BCUT2D eigenvalue weighted by atomic mass is 16.5. The molecular formula is C20H29N5O2. The molecule has 3 rings (SSSR count). The van der Waals surface area contributed by atoms with E-state index in [-0.39, 0.29) is 5.91 Å². The number of aromatic nitrogens is 2. The molecule has 27 heavy (non-hydrogen) atoms. The third-order valence-corrected chi connectivity index (χ3v) is 5.20. The number of carbonyl (C=O) groups excluding carboxylic acids is 1. The van der Waals surface area contributed by atoms with Crippen molar-refractivity contribution < 1.29 is 9.53 Å². The molecule has 0 spiro atoms. The normalized spacial score (nSPS) is 17.6.